The maximum atomic E-state index is 12.2. The highest BCUT2D eigenvalue weighted by Gasteiger charge is 2.28. The highest BCUT2D eigenvalue weighted by atomic mass is 16.3. The summed E-state index contributed by atoms with van der Waals surface area (Å²) in [5.74, 6) is -0.631. The Labute approximate surface area is 144 Å². The van der Waals surface area contributed by atoms with Crippen LogP contribution in [0.1, 0.15) is 37.7 Å². The summed E-state index contributed by atoms with van der Waals surface area (Å²) in [4.78, 5) is 25.8. The molecule has 2 amide bonds. The van der Waals surface area contributed by atoms with Gasteiger partial charge in [0.1, 0.15) is 0 Å². The number of nitrogens with one attached hydrogen (secondary N) is 1. The number of rotatable bonds is 6. The van der Waals surface area contributed by atoms with Gasteiger partial charge in [-0.3, -0.25) is 9.59 Å². The number of aliphatic hydroxyl groups is 1. The van der Waals surface area contributed by atoms with Gasteiger partial charge in [-0.15, -0.1) is 0 Å². The van der Waals surface area contributed by atoms with Crippen LogP contribution in [0.3, 0.4) is 0 Å². The molecule has 0 aromatic heterocycles. The zero-order valence-corrected chi connectivity index (χ0v) is 14.4. The number of carbonyl (C=O) groups excluding carboxylic acids is 2. The largest absolute Gasteiger partial charge is 0.396 e. The van der Waals surface area contributed by atoms with Gasteiger partial charge in [-0.25, -0.2) is 0 Å². The summed E-state index contributed by atoms with van der Waals surface area (Å²) in [6, 6.07) is 10.2. The van der Waals surface area contributed by atoms with Gasteiger partial charge in [0.05, 0.1) is 0 Å². The topological polar surface area (TPSA) is 69.6 Å². The lowest BCUT2D eigenvalue weighted by Gasteiger charge is -2.33. The molecule has 1 aliphatic carbocycles. The lowest BCUT2D eigenvalue weighted by atomic mass is 9.86. The number of likely N-dealkylation sites (N-methyl/N-ethyl adjacent to an activating group) is 1. The molecule has 0 bridgehead atoms. The summed E-state index contributed by atoms with van der Waals surface area (Å²) in [6.45, 7) is 0.719. The fourth-order valence-corrected chi connectivity index (χ4v) is 3.26. The van der Waals surface area contributed by atoms with Crippen molar-refractivity contribution in [1.82, 2.24) is 10.2 Å². The standard InChI is InChI=1S/C19H28N2O3/c1-21(17-11-9-16(14-22)10-12-17)19(24)18(23)20-13-5-8-15-6-3-2-4-7-15/h2-4,6-7,16-17,22H,5,8-14H2,1H3,(H,20,23). The van der Waals surface area contributed by atoms with E-state index in [2.05, 4.69) is 17.4 Å². The van der Waals surface area contributed by atoms with E-state index < -0.39 is 11.8 Å². The van der Waals surface area contributed by atoms with Gasteiger partial charge in [0.15, 0.2) is 0 Å². The van der Waals surface area contributed by atoms with Crippen molar-refractivity contribution in [2.24, 2.45) is 5.92 Å². The number of benzene rings is 1. The molecule has 1 aliphatic rings. The fraction of sp³-hybridized carbons (Fsp3) is 0.579. The average Bonchev–Trinajstić information content (AvgIpc) is 2.64. The maximum absolute atomic E-state index is 12.2. The van der Waals surface area contributed by atoms with Crippen LogP contribution in [0.2, 0.25) is 0 Å². The molecule has 5 heteroatoms. The normalized spacial score (nSPS) is 20.4. The van der Waals surface area contributed by atoms with Crippen LogP contribution in [0.4, 0.5) is 0 Å². The Hall–Kier alpha value is -1.88. The van der Waals surface area contributed by atoms with Gasteiger partial charge < -0.3 is 15.3 Å². The van der Waals surface area contributed by atoms with Crippen molar-refractivity contribution in [3.63, 3.8) is 0 Å². The Morgan fingerprint density at radius 1 is 1.17 bits per heavy atom. The number of hydrogen-bond donors (Lipinski definition) is 2. The van der Waals surface area contributed by atoms with Crippen molar-refractivity contribution in [1.29, 1.82) is 0 Å². The number of nitrogens with zero attached hydrogens (tertiary/aromatic N) is 1. The van der Waals surface area contributed by atoms with Crippen LogP contribution in [-0.4, -0.2) is 48.1 Å². The molecule has 2 N–H and O–H groups in total. The number of aliphatic hydroxyl groups excluding tert-OH is 1. The molecule has 24 heavy (non-hydrogen) atoms. The highest BCUT2D eigenvalue weighted by Crippen LogP contribution is 2.26. The zero-order chi connectivity index (χ0) is 17.4. The second-order valence-electron chi connectivity index (χ2n) is 6.62. The number of amides is 2. The number of aryl methyl sites for hydroxylation is 1. The maximum Gasteiger partial charge on any atom is 0.311 e. The Bertz CT molecular complexity index is 525. The Morgan fingerprint density at radius 3 is 2.46 bits per heavy atom. The first-order valence-electron chi connectivity index (χ1n) is 8.81. The smallest absolute Gasteiger partial charge is 0.311 e. The molecule has 132 valence electrons. The van der Waals surface area contributed by atoms with Gasteiger partial charge in [-0.2, -0.15) is 0 Å². The summed E-state index contributed by atoms with van der Waals surface area (Å²) in [5, 5.41) is 11.9. The van der Waals surface area contributed by atoms with Crippen LogP contribution in [0.5, 0.6) is 0 Å². The van der Waals surface area contributed by atoms with Gasteiger partial charge in [0.25, 0.3) is 0 Å². The molecule has 0 heterocycles. The van der Waals surface area contributed by atoms with E-state index in [0.717, 1.165) is 38.5 Å². The summed E-state index contributed by atoms with van der Waals surface area (Å²) < 4.78 is 0. The molecule has 0 aliphatic heterocycles. The van der Waals surface area contributed by atoms with Crippen LogP contribution in [0.15, 0.2) is 30.3 Å². The van der Waals surface area contributed by atoms with Crippen molar-refractivity contribution in [2.75, 3.05) is 20.2 Å². The third-order valence-corrected chi connectivity index (χ3v) is 4.91. The first-order chi connectivity index (χ1) is 11.6. The van der Waals surface area contributed by atoms with Gasteiger partial charge >= 0.3 is 11.8 Å². The van der Waals surface area contributed by atoms with Crippen LogP contribution >= 0.6 is 0 Å². The van der Waals surface area contributed by atoms with Gasteiger partial charge in [0, 0.05) is 26.2 Å². The van der Waals surface area contributed by atoms with Crippen LogP contribution in [0.25, 0.3) is 0 Å². The average molecular weight is 332 g/mol. The third kappa shape index (κ3) is 5.34. The number of hydrogen-bond acceptors (Lipinski definition) is 3. The molecule has 1 aromatic carbocycles. The molecule has 0 atom stereocenters. The molecular weight excluding hydrogens is 304 g/mol. The van der Waals surface area contributed by atoms with E-state index in [9.17, 15) is 14.7 Å². The molecule has 0 saturated heterocycles. The predicted octanol–water partition coefficient (Wildman–Crippen LogP) is 1.74. The van der Waals surface area contributed by atoms with Gasteiger partial charge in [0.2, 0.25) is 0 Å². The molecule has 1 saturated carbocycles. The van der Waals surface area contributed by atoms with Crippen molar-refractivity contribution in [3.05, 3.63) is 35.9 Å². The van der Waals surface area contributed by atoms with Crippen LogP contribution in [-0.2, 0) is 16.0 Å². The van der Waals surface area contributed by atoms with Gasteiger partial charge in [-0.1, -0.05) is 30.3 Å². The highest BCUT2D eigenvalue weighted by molar-refractivity contribution is 6.35. The van der Waals surface area contributed by atoms with Crippen LogP contribution in [0, 0.1) is 5.92 Å². The second kappa shape index (κ2) is 9.42. The van der Waals surface area contributed by atoms with E-state index in [1.807, 2.05) is 18.2 Å². The first kappa shape index (κ1) is 18.5. The van der Waals surface area contributed by atoms with Crippen molar-refractivity contribution >= 4 is 11.8 Å². The quantitative estimate of drug-likeness (QED) is 0.616. The second-order valence-corrected chi connectivity index (χ2v) is 6.62. The minimum Gasteiger partial charge on any atom is -0.396 e. The molecule has 5 nitrogen and oxygen atoms in total. The van der Waals surface area contributed by atoms with E-state index in [4.69, 9.17) is 0 Å². The molecule has 1 fully saturated rings. The van der Waals surface area contributed by atoms with Crippen LogP contribution < -0.4 is 5.32 Å². The van der Waals surface area contributed by atoms with E-state index in [-0.39, 0.29) is 12.6 Å². The minimum atomic E-state index is -0.519. The zero-order valence-electron chi connectivity index (χ0n) is 14.4. The van der Waals surface area contributed by atoms with Crippen molar-refractivity contribution in [3.8, 4) is 0 Å². The summed E-state index contributed by atoms with van der Waals surface area (Å²) in [5.41, 5.74) is 1.23. The molecule has 1 aromatic rings. The SMILES string of the molecule is CN(C(=O)C(=O)NCCCc1ccccc1)C1CCC(CO)CC1. The third-order valence-electron chi connectivity index (χ3n) is 4.91. The first-order valence-corrected chi connectivity index (χ1v) is 8.81. The molecule has 0 unspecified atom stereocenters. The lowest BCUT2D eigenvalue weighted by molar-refractivity contribution is -0.146. The van der Waals surface area contributed by atoms with Gasteiger partial charge in [-0.05, 0) is 50.0 Å². The fourth-order valence-electron chi connectivity index (χ4n) is 3.26. The van der Waals surface area contributed by atoms with E-state index >= 15 is 0 Å². The Morgan fingerprint density at radius 2 is 1.83 bits per heavy atom. The molecule has 2 rings (SSSR count). The van der Waals surface area contributed by atoms with Crippen molar-refractivity contribution < 1.29 is 14.7 Å². The monoisotopic (exact) mass is 332 g/mol. The van der Waals surface area contributed by atoms with Crippen molar-refractivity contribution in [2.45, 2.75) is 44.6 Å². The predicted molar refractivity (Wildman–Crippen MR) is 93.4 cm³/mol. The molecule has 0 radical (unpaired) electrons. The molecular formula is C19H28N2O3. The minimum absolute atomic E-state index is 0.107. The Balaban J connectivity index is 1.68. The number of carbonyl (C=O) groups is 2. The molecule has 0 spiro atoms. The summed E-state index contributed by atoms with van der Waals surface area (Å²) in [7, 11) is 1.70. The van der Waals surface area contributed by atoms with E-state index in [0.29, 0.717) is 12.5 Å². The summed E-state index contributed by atoms with van der Waals surface area (Å²) >= 11 is 0. The Kier molecular flexibility index (Phi) is 7.25. The van der Waals surface area contributed by atoms with E-state index in [1.54, 1.807) is 11.9 Å². The van der Waals surface area contributed by atoms with E-state index in [1.165, 1.54) is 5.56 Å². The summed E-state index contributed by atoms with van der Waals surface area (Å²) in [6.07, 6.45) is 5.24. The lowest BCUT2D eigenvalue weighted by Crippen LogP contribution is -2.47.